The molecule has 0 aliphatic rings. The number of ether oxygens (including phenoxy) is 2. The average molecular weight is 526 g/mol. The van der Waals surface area contributed by atoms with E-state index in [-0.39, 0.29) is 30.5 Å². The summed E-state index contributed by atoms with van der Waals surface area (Å²) in [5.74, 6) is 0.465. The van der Waals surface area contributed by atoms with E-state index in [9.17, 15) is 13.2 Å². The number of carbonyl (C=O) groups excluding carboxylic acids is 1. The third-order valence-corrected chi connectivity index (χ3v) is 7.60. The lowest BCUT2D eigenvalue weighted by Gasteiger charge is -2.24. The molecule has 10 nitrogen and oxygen atoms in total. The summed E-state index contributed by atoms with van der Waals surface area (Å²) in [4.78, 5) is 15.7. The average Bonchev–Trinajstić information content (AvgIpc) is 3.55. The van der Waals surface area contributed by atoms with Crippen molar-refractivity contribution in [3.63, 3.8) is 0 Å². The lowest BCUT2D eigenvalue weighted by molar-refractivity contribution is -0.107. The van der Waals surface area contributed by atoms with Gasteiger partial charge in [-0.1, -0.05) is 29.4 Å². The van der Waals surface area contributed by atoms with E-state index in [2.05, 4.69) is 10.1 Å². The van der Waals surface area contributed by atoms with Gasteiger partial charge in [0.2, 0.25) is 11.8 Å². The van der Waals surface area contributed by atoms with E-state index in [0.29, 0.717) is 46.0 Å². The van der Waals surface area contributed by atoms with E-state index in [1.54, 1.807) is 50.2 Å². The molecule has 2 aromatic carbocycles. The normalized spacial score (nSPS) is 11.5. The van der Waals surface area contributed by atoms with Crippen molar-refractivity contribution in [2.75, 3.05) is 31.4 Å². The molecule has 0 radical (unpaired) electrons. The number of hydrogen-bond acceptors (Lipinski definition) is 9. The molecule has 37 heavy (non-hydrogen) atoms. The molecule has 194 valence electrons. The highest BCUT2D eigenvalue weighted by atomic mass is 32.2. The number of methoxy groups -OCH3 is 1. The van der Waals surface area contributed by atoms with Gasteiger partial charge in [-0.15, -0.1) is 0 Å². The lowest BCUT2D eigenvalue weighted by Crippen LogP contribution is -2.34. The van der Waals surface area contributed by atoms with Gasteiger partial charge in [0.15, 0.2) is 0 Å². The fourth-order valence-electron chi connectivity index (χ4n) is 3.81. The molecule has 0 N–H and O–H groups in total. The van der Waals surface area contributed by atoms with Crippen molar-refractivity contribution in [3.8, 4) is 22.6 Å². The van der Waals surface area contributed by atoms with Crippen LogP contribution in [0, 0.1) is 13.8 Å². The van der Waals surface area contributed by atoms with Crippen LogP contribution >= 0.6 is 0 Å². The maximum Gasteiger partial charge on any atom is 0.269 e. The summed E-state index contributed by atoms with van der Waals surface area (Å²) in [5.41, 5.74) is 3.46. The van der Waals surface area contributed by atoms with E-state index < -0.39 is 10.0 Å². The first-order valence-corrected chi connectivity index (χ1v) is 12.9. The summed E-state index contributed by atoms with van der Waals surface area (Å²) in [7, 11) is -2.67. The lowest BCUT2D eigenvalue weighted by atomic mass is 9.96. The first-order valence-electron chi connectivity index (χ1n) is 11.5. The molecule has 0 saturated heterocycles. The molecule has 0 atom stereocenters. The molecule has 0 spiro atoms. The quantitative estimate of drug-likeness (QED) is 0.152. The Bertz CT molecular complexity index is 1460. The van der Waals surface area contributed by atoms with Crippen LogP contribution < -0.4 is 4.31 Å². The second kappa shape index (κ2) is 11.5. The molecular weight excluding hydrogens is 498 g/mol. The van der Waals surface area contributed by atoms with E-state index >= 15 is 0 Å². The maximum atomic E-state index is 14.1. The van der Waals surface area contributed by atoms with Crippen molar-refractivity contribution in [3.05, 3.63) is 71.7 Å². The van der Waals surface area contributed by atoms with E-state index in [0.717, 1.165) is 10.6 Å². The number of nitrogens with zero attached hydrogens (tertiary/aromatic N) is 3. The van der Waals surface area contributed by atoms with Gasteiger partial charge >= 0.3 is 0 Å². The summed E-state index contributed by atoms with van der Waals surface area (Å²) >= 11 is 0. The van der Waals surface area contributed by atoms with Crippen LogP contribution in [-0.4, -0.2) is 51.9 Å². The number of aryl methyl sites for hydroxylation is 1. The number of sulfonamides is 1. The zero-order chi connectivity index (χ0) is 26.4. The predicted octanol–water partition coefficient (Wildman–Crippen LogP) is 4.17. The van der Waals surface area contributed by atoms with Crippen LogP contribution in [0.3, 0.4) is 0 Å². The van der Waals surface area contributed by atoms with Gasteiger partial charge in [-0.05, 0) is 43.2 Å². The number of benzene rings is 2. The summed E-state index contributed by atoms with van der Waals surface area (Å²) < 4.78 is 50.7. The van der Waals surface area contributed by atoms with Gasteiger partial charge in [0.25, 0.3) is 10.0 Å². The summed E-state index contributed by atoms with van der Waals surface area (Å²) in [6, 6.07) is 11.9. The number of oxazole rings is 1. The molecular formula is C26H27N3O7S. The van der Waals surface area contributed by atoms with Gasteiger partial charge in [-0.3, -0.25) is 0 Å². The largest absolute Gasteiger partial charge is 0.445 e. The predicted molar refractivity (Wildman–Crippen MR) is 135 cm³/mol. The standard InChI is InChI=1S/C26H27N3O7S/c1-18-19(2)28-36-26(18)29(17-34-15-14-33-3)37(31,32)24-7-5-4-6-23(24)22-9-8-21(16-20(22)10-12-30)25-27-11-13-35-25/h4-9,11-13,16H,10,14-15,17H2,1-3H3. The van der Waals surface area contributed by atoms with Crippen molar-refractivity contribution in [2.24, 2.45) is 0 Å². The van der Waals surface area contributed by atoms with Gasteiger partial charge in [0.1, 0.15) is 19.3 Å². The topological polar surface area (TPSA) is 125 Å². The zero-order valence-corrected chi connectivity index (χ0v) is 21.5. The molecule has 0 aliphatic carbocycles. The molecule has 0 unspecified atom stereocenters. The van der Waals surface area contributed by atoms with E-state index in [1.807, 2.05) is 0 Å². The van der Waals surface area contributed by atoms with Gasteiger partial charge in [-0.2, -0.15) is 0 Å². The fourth-order valence-corrected chi connectivity index (χ4v) is 5.36. The Morgan fingerprint density at radius 2 is 1.89 bits per heavy atom. The highest BCUT2D eigenvalue weighted by molar-refractivity contribution is 7.93. The molecule has 0 bridgehead atoms. The van der Waals surface area contributed by atoms with E-state index in [1.165, 1.54) is 25.6 Å². The Kier molecular flexibility index (Phi) is 8.17. The molecule has 4 aromatic rings. The molecule has 4 rings (SSSR count). The van der Waals surface area contributed by atoms with Crippen LogP contribution in [0.5, 0.6) is 0 Å². The number of rotatable bonds is 12. The van der Waals surface area contributed by atoms with Crippen molar-refractivity contribution in [1.29, 1.82) is 0 Å². The van der Waals surface area contributed by atoms with Crippen molar-refractivity contribution < 1.29 is 31.6 Å². The van der Waals surface area contributed by atoms with E-state index in [4.69, 9.17) is 18.4 Å². The van der Waals surface area contributed by atoms with Crippen LogP contribution in [0.25, 0.3) is 22.6 Å². The van der Waals surface area contributed by atoms with Gasteiger partial charge < -0.3 is 23.2 Å². The van der Waals surface area contributed by atoms with Crippen LogP contribution in [0.2, 0.25) is 0 Å². The zero-order valence-electron chi connectivity index (χ0n) is 20.7. The number of aldehydes is 1. The second-order valence-electron chi connectivity index (χ2n) is 8.16. The van der Waals surface area contributed by atoms with Gasteiger partial charge in [-0.25, -0.2) is 17.7 Å². The van der Waals surface area contributed by atoms with Crippen LogP contribution in [0.15, 0.2) is 68.8 Å². The SMILES string of the molecule is COCCOCN(c1onc(C)c1C)S(=O)(=O)c1ccccc1-c1ccc(-c2ncco2)cc1CC=O. The third-order valence-electron chi connectivity index (χ3n) is 5.83. The second-order valence-corrected chi connectivity index (χ2v) is 9.99. The Hall–Kier alpha value is -3.80. The minimum atomic E-state index is -4.20. The molecule has 2 heterocycles. The molecule has 0 aliphatic heterocycles. The van der Waals surface area contributed by atoms with Gasteiger partial charge in [0, 0.05) is 30.2 Å². The Morgan fingerprint density at radius 3 is 2.57 bits per heavy atom. The maximum absolute atomic E-state index is 14.1. The monoisotopic (exact) mass is 525 g/mol. The van der Waals surface area contributed by atoms with Crippen molar-refractivity contribution in [1.82, 2.24) is 10.1 Å². The molecule has 0 saturated carbocycles. The fraction of sp³-hybridized carbons (Fsp3) is 0.269. The van der Waals surface area contributed by atoms with Gasteiger partial charge in [0.05, 0.1) is 30.0 Å². The molecule has 11 heteroatoms. The molecule has 0 amide bonds. The number of aromatic nitrogens is 2. The molecule has 2 aromatic heterocycles. The third kappa shape index (κ3) is 5.48. The smallest absolute Gasteiger partial charge is 0.269 e. The summed E-state index contributed by atoms with van der Waals surface area (Å²) in [6.07, 6.45) is 3.83. The van der Waals surface area contributed by atoms with Crippen molar-refractivity contribution >= 4 is 22.2 Å². The Labute approximate surface area is 214 Å². The minimum absolute atomic E-state index is 0.0230. The van der Waals surface area contributed by atoms with Crippen LogP contribution in [0.4, 0.5) is 5.88 Å². The number of anilines is 1. The summed E-state index contributed by atoms with van der Waals surface area (Å²) in [5, 5.41) is 3.93. The Balaban J connectivity index is 1.82. The molecule has 0 fully saturated rings. The highest BCUT2D eigenvalue weighted by Crippen LogP contribution is 2.36. The summed E-state index contributed by atoms with van der Waals surface area (Å²) in [6.45, 7) is 3.63. The Morgan fingerprint density at radius 1 is 1.08 bits per heavy atom. The number of carbonyl (C=O) groups is 1. The first kappa shape index (κ1) is 26.3. The minimum Gasteiger partial charge on any atom is -0.445 e. The number of hydrogen-bond donors (Lipinski definition) is 0. The first-order chi connectivity index (χ1) is 17.9. The van der Waals surface area contributed by atoms with Crippen molar-refractivity contribution in [2.45, 2.75) is 25.2 Å². The van der Waals surface area contributed by atoms with Crippen LogP contribution in [-0.2, 0) is 30.7 Å². The van der Waals surface area contributed by atoms with Crippen LogP contribution in [0.1, 0.15) is 16.8 Å². The highest BCUT2D eigenvalue weighted by Gasteiger charge is 2.32.